The lowest BCUT2D eigenvalue weighted by molar-refractivity contribution is -0.181. The maximum absolute atomic E-state index is 14.3. The first-order valence-electron chi connectivity index (χ1n) is 13.1. The maximum Gasteiger partial charge on any atom is 0.588 e. The Bertz CT molecular complexity index is 1440. The zero-order valence-corrected chi connectivity index (χ0v) is 24.7. The Hall–Kier alpha value is -4.30. The van der Waals surface area contributed by atoms with Crippen LogP contribution < -0.4 is 18.5 Å². The summed E-state index contributed by atoms with van der Waals surface area (Å²) >= 11 is 0. The average molecular weight is 593 g/mol. The third kappa shape index (κ3) is 7.50. The summed E-state index contributed by atoms with van der Waals surface area (Å²) in [5.41, 5.74) is -0.710. The number of carbonyl (C=O) groups is 1. The van der Waals surface area contributed by atoms with Crippen LogP contribution in [0.2, 0.25) is 0 Å². The Balaban J connectivity index is 1.68. The van der Waals surface area contributed by atoms with Gasteiger partial charge in [0.05, 0.1) is 14.2 Å². The zero-order valence-electron chi connectivity index (χ0n) is 23.8. The molecule has 0 aromatic heterocycles. The molecule has 0 N–H and O–H groups in total. The largest absolute Gasteiger partial charge is 0.588 e. The predicted molar refractivity (Wildman–Crippen MR) is 157 cm³/mol. The second-order valence-corrected chi connectivity index (χ2v) is 10.7. The number of hydrogen-bond donors (Lipinski definition) is 0. The fourth-order valence-corrected chi connectivity index (χ4v) is 5.54. The minimum absolute atomic E-state index is 0.134. The van der Waals surface area contributed by atoms with E-state index in [1.54, 1.807) is 116 Å². The zero-order chi connectivity index (χ0) is 30.0. The summed E-state index contributed by atoms with van der Waals surface area (Å²) in [6, 6.07) is 30.9. The quantitative estimate of drug-likeness (QED) is 0.111. The van der Waals surface area contributed by atoms with Gasteiger partial charge in [-0.1, -0.05) is 66.7 Å². The van der Waals surface area contributed by atoms with Gasteiger partial charge in [0, 0.05) is 18.7 Å². The summed E-state index contributed by atoms with van der Waals surface area (Å²) in [4.78, 5) is 13.7. The molecule has 9 nitrogen and oxygen atoms in total. The molecule has 0 bridgehead atoms. The van der Waals surface area contributed by atoms with Gasteiger partial charge in [0.1, 0.15) is 35.7 Å². The summed E-state index contributed by atoms with van der Waals surface area (Å²) in [5.74, 6) is 0.791. The van der Waals surface area contributed by atoms with Crippen molar-refractivity contribution in [1.29, 1.82) is 0 Å². The van der Waals surface area contributed by atoms with E-state index in [1.807, 2.05) is 0 Å². The monoisotopic (exact) mass is 592 g/mol. The van der Waals surface area contributed by atoms with Gasteiger partial charge in [-0.2, -0.15) is 0 Å². The van der Waals surface area contributed by atoms with Gasteiger partial charge in [-0.15, -0.1) is 0 Å². The van der Waals surface area contributed by atoms with E-state index in [0.29, 0.717) is 22.6 Å². The molecule has 0 saturated carbocycles. The highest BCUT2D eigenvalue weighted by atomic mass is 31.2. The van der Waals surface area contributed by atoms with Crippen LogP contribution in [-0.2, 0) is 30.0 Å². The van der Waals surface area contributed by atoms with E-state index in [-0.39, 0.29) is 18.1 Å². The molecule has 0 aliphatic heterocycles. The van der Waals surface area contributed by atoms with Gasteiger partial charge in [-0.05, 0) is 48.9 Å². The van der Waals surface area contributed by atoms with E-state index in [0.717, 1.165) is 0 Å². The number of hydrogen-bond acceptors (Lipinski definition) is 9. The maximum atomic E-state index is 14.3. The van der Waals surface area contributed by atoms with Crippen LogP contribution in [0.5, 0.6) is 23.0 Å². The molecule has 0 spiro atoms. The molecule has 0 radical (unpaired) electrons. The molecule has 0 aliphatic rings. The summed E-state index contributed by atoms with van der Waals surface area (Å²) in [6.45, 7) is 1.36. The van der Waals surface area contributed by atoms with Crippen molar-refractivity contribution in [1.82, 2.24) is 0 Å². The minimum atomic E-state index is -4.45. The van der Waals surface area contributed by atoms with Crippen LogP contribution in [0.25, 0.3) is 0 Å². The molecule has 0 aliphatic carbocycles. The van der Waals surface area contributed by atoms with E-state index in [4.69, 9.17) is 32.5 Å². The molecule has 0 fully saturated rings. The SMILES string of the molecule is COc1ccc(COC(=O)C(C)(OC)C(OP(=O)(Oc2ccccc2)Oc2ccccc2)c2ccccc2)c(OC)c1. The van der Waals surface area contributed by atoms with Gasteiger partial charge in [-0.25, -0.2) is 9.36 Å². The third-order valence-corrected chi connectivity index (χ3v) is 7.78. The second-order valence-electron chi connectivity index (χ2n) is 9.22. The molecular weight excluding hydrogens is 559 g/mol. The highest BCUT2D eigenvalue weighted by Gasteiger charge is 2.50. The first kappa shape index (κ1) is 30.7. The molecule has 2 atom stereocenters. The van der Waals surface area contributed by atoms with Crippen LogP contribution >= 0.6 is 7.82 Å². The Kier molecular flexibility index (Phi) is 10.3. The Morgan fingerprint density at radius 3 is 1.79 bits per heavy atom. The van der Waals surface area contributed by atoms with Crippen molar-refractivity contribution >= 4 is 13.8 Å². The van der Waals surface area contributed by atoms with Crippen molar-refractivity contribution in [2.45, 2.75) is 25.2 Å². The summed E-state index contributed by atoms with van der Waals surface area (Å²) in [5, 5.41) is 0. The number of carbonyl (C=O) groups excluding carboxylic acids is 1. The lowest BCUT2D eigenvalue weighted by Gasteiger charge is -2.35. The highest BCUT2D eigenvalue weighted by Crippen LogP contribution is 2.55. The normalized spacial score (nSPS) is 13.3. The number of rotatable bonds is 14. The van der Waals surface area contributed by atoms with Crippen LogP contribution in [-0.4, -0.2) is 32.9 Å². The smallest absolute Gasteiger partial charge is 0.497 e. The number of methoxy groups -OCH3 is 3. The third-order valence-electron chi connectivity index (χ3n) is 6.44. The first-order chi connectivity index (χ1) is 20.3. The fraction of sp³-hybridized carbons (Fsp3) is 0.219. The number of para-hydroxylation sites is 2. The van der Waals surface area contributed by atoms with E-state index >= 15 is 0 Å². The average Bonchev–Trinajstić information content (AvgIpc) is 3.03. The van der Waals surface area contributed by atoms with Crippen LogP contribution in [0.15, 0.2) is 109 Å². The molecule has 0 heterocycles. The first-order valence-corrected chi connectivity index (χ1v) is 14.5. The Morgan fingerprint density at radius 1 is 0.738 bits per heavy atom. The lowest BCUT2D eigenvalue weighted by atomic mass is 9.92. The highest BCUT2D eigenvalue weighted by molar-refractivity contribution is 7.49. The Labute approximate surface area is 245 Å². The predicted octanol–water partition coefficient (Wildman–Crippen LogP) is 7.18. The van der Waals surface area contributed by atoms with Gasteiger partial charge in [-0.3, -0.25) is 4.52 Å². The fourth-order valence-electron chi connectivity index (χ4n) is 4.07. The van der Waals surface area contributed by atoms with E-state index in [1.165, 1.54) is 21.1 Å². The lowest BCUT2D eigenvalue weighted by Crippen LogP contribution is -2.45. The molecule has 10 heteroatoms. The summed E-state index contributed by atoms with van der Waals surface area (Å²) in [7, 11) is -0.0566. The van der Waals surface area contributed by atoms with Gasteiger partial charge in [0.15, 0.2) is 5.60 Å². The van der Waals surface area contributed by atoms with Crippen molar-refractivity contribution in [2.75, 3.05) is 21.3 Å². The number of ether oxygens (including phenoxy) is 4. The Morgan fingerprint density at radius 2 is 1.29 bits per heavy atom. The van der Waals surface area contributed by atoms with Crippen molar-refractivity contribution < 1.29 is 41.9 Å². The molecule has 0 saturated heterocycles. The number of phosphoric acid groups is 1. The van der Waals surface area contributed by atoms with Crippen LogP contribution in [0, 0.1) is 0 Å². The summed E-state index contributed by atoms with van der Waals surface area (Å²) < 4.78 is 54.3. The molecule has 0 amide bonds. The van der Waals surface area contributed by atoms with Crippen molar-refractivity contribution in [2.24, 2.45) is 0 Å². The van der Waals surface area contributed by atoms with Gasteiger partial charge < -0.3 is 28.0 Å². The molecule has 2 unspecified atom stereocenters. The molecule has 4 rings (SSSR count). The standard InChI is InChI=1S/C32H33O9P/c1-32(37-4,31(33)38-23-25-20-21-28(35-2)22-29(25)36-3)30(24-14-8-5-9-15-24)41-42(34,39-26-16-10-6-11-17-26)40-27-18-12-7-13-19-27/h5-22,30H,23H2,1-4H3. The van der Waals surface area contributed by atoms with Gasteiger partial charge in [0.25, 0.3) is 0 Å². The second kappa shape index (κ2) is 14.0. The molecule has 4 aromatic carbocycles. The van der Waals surface area contributed by atoms with E-state index < -0.39 is 25.5 Å². The minimum Gasteiger partial charge on any atom is -0.497 e. The van der Waals surface area contributed by atoms with Crippen molar-refractivity contribution in [3.8, 4) is 23.0 Å². The van der Waals surface area contributed by atoms with Crippen LogP contribution in [0.4, 0.5) is 0 Å². The topological polar surface area (TPSA) is 98.8 Å². The summed E-state index contributed by atoms with van der Waals surface area (Å²) in [6.07, 6.45) is -1.28. The number of benzene rings is 4. The van der Waals surface area contributed by atoms with E-state index in [2.05, 4.69) is 0 Å². The van der Waals surface area contributed by atoms with E-state index in [9.17, 15) is 9.36 Å². The van der Waals surface area contributed by atoms with Crippen molar-refractivity contribution in [3.63, 3.8) is 0 Å². The molecular formula is C32H33O9P. The number of esters is 1. The van der Waals surface area contributed by atoms with Crippen LogP contribution in [0.3, 0.4) is 0 Å². The van der Waals surface area contributed by atoms with Crippen molar-refractivity contribution in [3.05, 3.63) is 120 Å². The van der Waals surface area contributed by atoms with Gasteiger partial charge >= 0.3 is 13.8 Å². The molecule has 220 valence electrons. The molecule has 42 heavy (non-hydrogen) atoms. The van der Waals surface area contributed by atoms with Crippen LogP contribution in [0.1, 0.15) is 24.2 Å². The van der Waals surface area contributed by atoms with Gasteiger partial charge in [0.2, 0.25) is 0 Å². The number of phosphoric ester groups is 1. The molecule has 4 aromatic rings.